The number of nitrogens with zero attached hydrogens (tertiary/aromatic N) is 1. The largest absolute Gasteiger partial charge is 0.395 e. The predicted octanol–water partition coefficient (Wildman–Crippen LogP) is 1.47. The first-order valence-electron chi connectivity index (χ1n) is 6.53. The van der Waals surface area contributed by atoms with Crippen LogP contribution in [0.25, 0.3) is 0 Å². The average Bonchev–Trinajstić information content (AvgIpc) is 2.13. The minimum Gasteiger partial charge on any atom is -0.395 e. The van der Waals surface area contributed by atoms with Gasteiger partial charge in [0.15, 0.2) is 0 Å². The van der Waals surface area contributed by atoms with E-state index in [0.29, 0.717) is 6.04 Å². The Balaban J connectivity index is 2.51. The molecular weight excluding hydrogens is 200 g/mol. The van der Waals surface area contributed by atoms with Crippen molar-refractivity contribution in [3.63, 3.8) is 0 Å². The molecule has 0 radical (unpaired) electrons. The van der Waals surface area contributed by atoms with Crippen molar-refractivity contribution in [2.24, 2.45) is 5.41 Å². The van der Waals surface area contributed by atoms with E-state index in [1.54, 1.807) is 0 Å². The lowest BCUT2D eigenvalue weighted by Crippen LogP contribution is -2.51. The average molecular weight is 228 g/mol. The molecule has 0 spiro atoms. The fourth-order valence-electron chi connectivity index (χ4n) is 2.32. The molecule has 0 aromatic carbocycles. The molecule has 0 aromatic rings. The van der Waals surface area contributed by atoms with Gasteiger partial charge in [0.25, 0.3) is 0 Å². The van der Waals surface area contributed by atoms with E-state index < -0.39 is 0 Å². The Hall–Kier alpha value is -0.120. The number of hydrogen-bond acceptors (Lipinski definition) is 3. The van der Waals surface area contributed by atoms with Crippen molar-refractivity contribution in [3.05, 3.63) is 0 Å². The van der Waals surface area contributed by atoms with Gasteiger partial charge in [-0.05, 0) is 32.2 Å². The summed E-state index contributed by atoms with van der Waals surface area (Å²) < 4.78 is 0. The third kappa shape index (κ3) is 3.44. The summed E-state index contributed by atoms with van der Waals surface area (Å²) >= 11 is 0. The molecule has 96 valence electrons. The molecule has 1 atom stereocenters. The molecule has 0 bridgehead atoms. The maximum Gasteiger partial charge on any atom is 0.0558 e. The highest BCUT2D eigenvalue weighted by Gasteiger charge is 2.32. The molecule has 1 unspecified atom stereocenters. The van der Waals surface area contributed by atoms with E-state index in [9.17, 15) is 0 Å². The summed E-state index contributed by atoms with van der Waals surface area (Å²) in [5.74, 6) is 0. The van der Waals surface area contributed by atoms with Crippen LogP contribution in [0.1, 0.15) is 40.0 Å². The molecule has 16 heavy (non-hydrogen) atoms. The molecular formula is C13H28N2O. The van der Waals surface area contributed by atoms with Crippen LogP contribution in [0.15, 0.2) is 0 Å². The first kappa shape index (κ1) is 13.9. The predicted molar refractivity (Wildman–Crippen MR) is 68.6 cm³/mol. The van der Waals surface area contributed by atoms with E-state index >= 15 is 0 Å². The molecule has 0 aromatic heterocycles. The van der Waals surface area contributed by atoms with Crippen molar-refractivity contribution in [2.75, 3.05) is 26.7 Å². The second kappa shape index (κ2) is 5.99. The Morgan fingerprint density at radius 2 is 2.06 bits per heavy atom. The van der Waals surface area contributed by atoms with Crippen LogP contribution in [0.5, 0.6) is 0 Å². The fourth-order valence-corrected chi connectivity index (χ4v) is 2.32. The molecule has 1 saturated carbocycles. The van der Waals surface area contributed by atoms with Crippen LogP contribution in [-0.2, 0) is 0 Å². The van der Waals surface area contributed by atoms with Crippen molar-refractivity contribution in [2.45, 2.75) is 52.1 Å². The normalized spacial score (nSPS) is 19.9. The molecule has 0 heterocycles. The van der Waals surface area contributed by atoms with Crippen molar-refractivity contribution in [3.8, 4) is 0 Å². The highest BCUT2D eigenvalue weighted by Crippen LogP contribution is 2.29. The summed E-state index contributed by atoms with van der Waals surface area (Å²) in [5, 5.41) is 12.5. The lowest BCUT2D eigenvalue weighted by molar-refractivity contribution is 0.0536. The molecule has 3 nitrogen and oxygen atoms in total. The topological polar surface area (TPSA) is 35.5 Å². The molecule has 0 aliphatic heterocycles. The molecule has 2 N–H and O–H groups in total. The van der Waals surface area contributed by atoms with Crippen LogP contribution in [-0.4, -0.2) is 48.8 Å². The van der Waals surface area contributed by atoms with Crippen LogP contribution in [0.2, 0.25) is 0 Å². The Morgan fingerprint density at radius 3 is 2.44 bits per heavy atom. The van der Waals surface area contributed by atoms with Gasteiger partial charge >= 0.3 is 0 Å². The van der Waals surface area contributed by atoms with Gasteiger partial charge in [-0.3, -0.25) is 4.90 Å². The number of aliphatic hydroxyl groups is 1. The summed E-state index contributed by atoms with van der Waals surface area (Å²) in [6.07, 6.45) is 3.97. The second-order valence-corrected chi connectivity index (χ2v) is 5.78. The summed E-state index contributed by atoms with van der Waals surface area (Å²) in [4.78, 5) is 2.47. The third-order valence-corrected chi connectivity index (χ3v) is 4.19. The Kier molecular flexibility index (Phi) is 5.22. The quantitative estimate of drug-likeness (QED) is 0.692. The highest BCUT2D eigenvalue weighted by atomic mass is 16.3. The van der Waals surface area contributed by atoms with Crippen LogP contribution < -0.4 is 5.32 Å². The first-order chi connectivity index (χ1) is 7.51. The number of rotatable bonds is 7. The van der Waals surface area contributed by atoms with Gasteiger partial charge in [0.05, 0.1) is 6.61 Å². The van der Waals surface area contributed by atoms with Gasteiger partial charge in [-0.25, -0.2) is 0 Å². The molecule has 3 heteroatoms. The summed E-state index contributed by atoms with van der Waals surface area (Å²) in [6.45, 7) is 9.01. The van der Waals surface area contributed by atoms with Gasteiger partial charge in [-0.15, -0.1) is 0 Å². The maximum absolute atomic E-state index is 9.14. The monoisotopic (exact) mass is 228 g/mol. The van der Waals surface area contributed by atoms with E-state index in [1.807, 2.05) is 7.05 Å². The SMILES string of the molecule is CNC(C)C(C)(C)CN(CCO)C1CCC1. The van der Waals surface area contributed by atoms with Crippen LogP contribution in [0, 0.1) is 5.41 Å². The van der Waals surface area contributed by atoms with E-state index in [4.69, 9.17) is 5.11 Å². The van der Waals surface area contributed by atoms with E-state index in [0.717, 1.165) is 19.1 Å². The molecule has 0 saturated heterocycles. The van der Waals surface area contributed by atoms with Crippen LogP contribution >= 0.6 is 0 Å². The number of hydrogen-bond donors (Lipinski definition) is 2. The van der Waals surface area contributed by atoms with Crippen molar-refractivity contribution in [1.82, 2.24) is 10.2 Å². The van der Waals surface area contributed by atoms with Gasteiger partial charge in [-0.1, -0.05) is 20.3 Å². The zero-order chi connectivity index (χ0) is 12.2. The van der Waals surface area contributed by atoms with Gasteiger partial charge in [0, 0.05) is 25.2 Å². The van der Waals surface area contributed by atoms with E-state index in [2.05, 4.69) is 31.0 Å². The zero-order valence-corrected chi connectivity index (χ0v) is 11.3. The molecule has 1 aliphatic rings. The fraction of sp³-hybridized carbons (Fsp3) is 1.00. The van der Waals surface area contributed by atoms with Crippen molar-refractivity contribution in [1.29, 1.82) is 0 Å². The van der Waals surface area contributed by atoms with Crippen molar-refractivity contribution < 1.29 is 5.11 Å². The summed E-state index contributed by atoms with van der Waals surface area (Å²) in [6, 6.07) is 1.21. The van der Waals surface area contributed by atoms with E-state index in [-0.39, 0.29) is 12.0 Å². The van der Waals surface area contributed by atoms with Gasteiger partial charge in [0.1, 0.15) is 0 Å². The standard InChI is InChI=1S/C13H28N2O/c1-11(14-4)13(2,3)10-15(8-9-16)12-6-5-7-12/h11-12,14,16H,5-10H2,1-4H3. The molecule has 1 rings (SSSR count). The Morgan fingerprint density at radius 1 is 1.44 bits per heavy atom. The highest BCUT2D eigenvalue weighted by molar-refractivity contribution is 4.88. The lowest BCUT2D eigenvalue weighted by atomic mass is 9.82. The minimum atomic E-state index is 0.250. The summed E-state index contributed by atoms with van der Waals surface area (Å²) in [5.41, 5.74) is 0.250. The lowest BCUT2D eigenvalue weighted by Gasteiger charge is -2.43. The van der Waals surface area contributed by atoms with Gasteiger partial charge < -0.3 is 10.4 Å². The zero-order valence-electron chi connectivity index (χ0n) is 11.3. The van der Waals surface area contributed by atoms with Gasteiger partial charge in [0.2, 0.25) is 0 Å². The second-order valence-electron chi connectivity index (χ2n) is 5.78. The molecule has 1 fully saturated rings. The van der Waals surface area contributed by atoms with E-state index in [1.165, 1.54) is 19.3 Å². The molecule has 0 amide bonds. The Bertz CT molecular complexity index is 202. The third-order valence-electron chi connectivity index (χ3n) is 4.19. The number of aliphatic hydroxyl groups excluding tert-OH is 1. The first-order valence-corrected chi connectivity index (χ1v) is 6.53. The van der Waals surface area contributed by atoms with Crippen molar-refractivity contribution >= 4 is 0 Å². The smallest absolute Gasteiger partial charge is 0.0558 e. The van der Waals surface area contributed by atoms with Crippen LogP contribution in [0.4, 0.5) is 0 Å². The molecule has 1 aliphatic carbocycles. The number of nitrogens with one attached hydrogen (secondary N) is 1. The minimum absolute atomic E-state index is 0.250. The summed E-state index contributed by atoms with van der Waals surface area (Å²) in [7, 11) is 2.02. The van der Waals surface area contributed by atoms with Crippen LogP contribution in [0.3, 0.4) is 0 Å². The van der Waals surface area contributed by atoms with Gasteiger partial charge in [-0.2, -0.15) is 0 Å². The maximum atomic E-state index is 9.14. The Labute approximate surface area is 100 Å².